The van der Waals surface area contributed by atoms with Gasteiger partial charge < -0.3 is 0 Å². The van der Waals surface area contributed by atoms with Crippen molar-refractivity contribution in [1.82, 2.24) is 15.0 Å². The lowest BCUT2D eigenvalue weighted by molar-refractivity contribution is 0.111. The summed E-state index contributed by atoms with van der Waals surface area (Å²) in [6.45, 7) is 0.942. The second-order valence-corrected chi connectivity index (χ2v) is 5.06. The van der Waals surface area contributed by atoms with E-state index in [2.05, 4.69) is 10.3 Å². The summed E-state index contributed by atoms with van der Waals surface area (Å²) in [5.41, 5.74) is 1.67. The highest BCUT2D eigenvalue weighted by Crippen LogP contribution is 2.38. The first kappa shape index (κ1) is 10.00. The summed E-state index contributed by atoms with van der Waals surface area (Å²) in [5, 5.41) is 8.11. The molecule has 2 fully saturated rings. The van der Waals surface area contributed by atoms with Gasteiger partial charge in [0.1, 0.15) is 5.69 Å². The first-order valence-electron chi connectivity index (χ1n) is 6.27. The van der Waals surface area contributed by atoms with Crippen LogP contribution in [0.5, 0.6) is 0 Å². The molecule has 2 saturated carbocycles. The molecule has 0 aromatic carbocycles. The minimum Gasteiger partial charge on any atom is -0.296 e. The maximum atomic E-state index is 10.9. The first-order valence-corrected chi connectivity index (χ1v) is 6.27. The van der Waals surface area contributed by atoms with Crippen molar-refractivity contribution in [1.29, 1.82) is 0 Å². The zero-order valence-corrected chi connectivity index (χ0v) is 9.43. The third kappa shape index (κ3) is 1.77. The van der Waals surface area contributed by atoms with Gasteiger partial charge in [0, 0.05) is 12.5 Å². The van der Waals surface area contributed by atoms with Crippen LogP contribution in [0.3, 0.4) is 0 Å². The van der Waals surface area contributed by atoms with Crippen molar-refractivity contribution in [2.45, 2.75) is 51.0 Å². The van der Waals surface area contributed by atoms with Crippen molar-refractivity contribution < 1.29 is 4.79 Å². The second-order valence-electron chi connectivity index (χ2n) is 5.06. The average molecular weight is 219 g/mol. The molecule has 0 radical (unpaired) electrons. The zero-order valence-electron chi connectivity index (χ0n) is 9.43. The Bertz CT molecular complexity index is 391. The Morgan fingerprint density at radius 2 is 2.12 bits per heavy atom. The lowest BCUT2D eigenvalue weighted by Gasteiger charge is -2.26. The Kier molecular flexibility index (Phi) is 2.50. The molecular weight excluding hydrogens is 202 g/mol. The van der Waals surface area contributed by atoms with E-state index < -0.39 is 0 Å². The summed E-state index contributed by atoms with van der Waals surface area (Å²) < 4.78 is 1.98. The molecule has 2 aliphatic rings. The first-order chi connectivity index (χ1) is 7.88. The fourth-order valence-corrected chi connectivity index (χ4v) is 2.40. The lowest BCUT2D eigenvalue weighted by atomic mass is 9.82. The molecule has 0 unspecified atom stereocenters. The van der Waals surface area contributed by atoms with E-state index in [0.29, 0.717) is 11.6 Å². The van der Waals surface area contributed by atoms with Crippen LogP contribution in [0.2, 0.25) is 0 Å². The van der Waals surface area contributed by atoms with Crippen LogP contribution in [-0.2, 0) is 6.54 Å². The number of hydrogen-bond donors (Lipinski definition) is 0. The monoisotopic (exact) mass is 219 g/mol. The molecule has 0 saturated heterocycles. The highest BCUT2D eigenvalue weighted by molar-refractivity contribution is 5.73. The molecule has 0 atom stereocenters. The molecular formula is C12H17N3O. The van der Waals surface area contributed by atoms with E-state index in [1.807, 2.05) is 4.68 Å². The quantitative estimate of drug-likeness (QED) is 0.713. The number of aromatic nitrogens is 3. The smallest absolute Gasteiger partial charge is 0.172 e. The van der Waals surface area contributed by atoms with Gasteiger partial charge in [0.05, 0.1) is 5.69 Å². The average Bonchev–Trinajstić information content (AvgIpc) is 2.96. The van der Waals surface area contributed by atoms with Crippen LogP contribution in [0, 0.1) is 5.92 Å². The number of hydrogen-bond acceptors (Lipinski definition) is 3. The SMILES string of the molecule is O=Cc1nnn(CCC2CC2)c1C1CCC1. The molecule has 4 heteroatoms. The van der Waals surface area contributed by atoms with Crippen molar-refractivity contribution in [2.75, 3.05) is 0 Å². The minimum atomic E-state index is 0.536. The van der Waals surface area contributed by atoms with Crippen molar-refractivity contribution >= 4 is 6.29 Å². The molecule has 0 aliphatic heterocycles. The van der Waals surface area contributed by atoms with Gasteiger partial charge in [-0.3, -0.25) is 4.79 Å². The third-order valence-corrected chi connectivity index (χ3v) is 3.85. The topological polar surface area (TPSA) is 47.8 Å². The standard InChI is InChI=1S/C12H17N3O/c16-8-11-12(10-2-1-3-10)15(14-13-11)7-6-9-4-5-9/h8-10H,1-7H2. The van der Waals surface area contributed by atoms with Crippen LogP contribution in [-0.4, -0.2) is 21.3 Å². The number of aldehydes is 1. The predicted molar refractivity (Wildman–Crippen MR) is 59.3 cm³/mol. The fraction of sp³-hybridized carbons (Fsp3) is 0.750. The summed E-state index contributed by atoms with van der Waals surface area (Å²) in [6.07, 6.45) is 8.45. The van der Waals surface area contributed by atoms with Crippen LogP contribution in [0.15, 0.2) is 0 Å². The van der Waals surface area contributed by atoms with Crippen LogP contribution in [0.4, 0.5) is 0 Å². The van der Waals surface area contributed by atoms with E-state index in [-0.39, 0.29) is 0 Å². The summed E-state index contributed by atoms with van der Waals surface area (Å²) in [5.74, 6) is 1.44. The maximum Gasteiger partial charge on any atom is 0.172 e. The van der Waals surface area contributed by atoms with Gasteiger partial charge in [-0.15, -0.1) is 5.10 Å². The van der Waals surface area contributed by atoms with Gasteiger partial charge in [-0.25, -0.2) is 4.68 Å². The highest BCUT2D eigenvalue weighted by Gasteiger charge is 2.28. The van der Waals surface area contributed by atoms with Crippen molar-refractivity contribution in [3.63, 3.8) is 0 Å². The van der Waals surface area contributed by atoms with Gasteiger partial charge >= 0.3 is 0 Å². The van der Waals surface area contributed by atoms with Crippen LogP contribution < -0.4 is 0 Å². The molecule has 1 aromatic heterocycles. The highest BCUT2D eigenvalue weighted by atomic mass is 16.1. The molecule has 1 aromatic rings. The molecule has 1 heterocycles. The summed E-state index contributed by atoms with van der Waals surface area (Å²) in [4.78, 5) is 10.9. The Hall–Kier alpha value is -1.19. The van der Waals surface area contributed by atoms with Crippen LogP contribution in [0.25, 0.3) is 0 Å². The number of aryl methyl sites for hydroxylation is 1. The second kappa shape index (κ2) is 4.00. The zero-order chi connectivity index (χ0) is 11.0. The molecule has 2 aliphatic carbocycles. The van der Waals surface area contributed by atoms with Crippen LogP contribution >= 0.6 is 0 Å². The third-order valence-electron chi connectivity index (χ3n) is 3.85. The molecule has 0 N–H and O–H groups in total. The number of carbonyl (C=O) groups is 1. The van der Waals surface area contributed by atoms with Crippen molar-refractivity contribution in [3.05, 3.63) is 11.4 Å². The maximum absolute atomic E-state index is 10.9. The fourth-order valence-electron chi connectivity index (χ4n) is 2.40. The largest absolute Gasteiger partial charge is 0.296 e. The van der Waals surface area contributed by atoms with E-state index in [4.69, 9.17) is 0 Å². The number of rotatable bonds is 5. The Labute approximate surface area is 95.0 Å². The predicted octanol–water partition coefficient (Wildman–Crippen LogP) is 2.16. The molecule has 3 rings (SSSR count). The van der Waals surface area contributed by atoms with E-state index >= 15 is 0 Å². The molecule has 4 nitrogen and oxygen atoms in total. The normalized spacial score (nSPS) is 20.8. The van der Waals surface area contributed by atoms with Gasteiger partial charge in [-0.1, -0.05) is 24.5 Å². The van der Waals surface area contributed by atoms with Gasteiger partial charge in [0.2, 0.25) is 0 Å². The molecule has 0 spiro atoms. The molecule has 86 valence electrons. The van der Waals surface area contributed by atoms with E-state index in [9.17, 15) is 4.79 Å². The van der Waals surface area contributed by atoms with Crippen molar-refractivity contribution in [2.24, 2.45) is 5.92 Å². The van der Waals surface area contributed by atoms with Gasteiger partial charge in [-0.2, -0.15) is 0 Å². The van der Waals surface area contributed by atoms with Gasteiger partial charge in [0.25, 0.3) is 0 Å². The van der Waals surface area contributed by atoms with Gasteiger partial charge in [-0.05, 0) is 25.2 Å². The van der Waals surface area contributed by atoms with Gasteiger partial charge in [0.15, 0.2) is 6.29 Å². The molecule has 0 bridgehead atoms. The lowest BCUT2D eigenvalue weighted by Crippen LogP contribution is -2.17. The summed E-state index contributed by atoms with van der Waals surface area (Å²) in [6, 6.07) is 0. The summed E-state index contributed by atoms with van der Waals surface area (Å²) >= 11 is 0. The van der Waals surface area contributed by atoms with E-state index in [0.717, 1.165) is 24.4 Å². The minimum absolute atomic E-state index is 0.536. The molecule has 0 amide bonds. The summed E-state index contributed by atoms with van der Waals surface area (Å²) in [7, 11) is 0. The number of nitrogens with zero attached hydrogens (tertiary/aromatic N) is 3. The van der Waals surface area contributed by atoms with Crippen molar-refractivity contribution in [3.8, 4) is 0 Å². The Morgan fingerprint density at radius 3 is 2.69 bits per heavy atom. The Morgan fingerprint density at radius 1 is 1.31 bits per heavy atom. The number of carbonyl (C=O) groups excluding carboxylic acids is 1. The molecule has 16 heavy (non-hydrogen) atoms. The van der Waals surface area contributed by atoms with E-state index in [1.165, 1.54) is 38.5 Å². The van der Waals surface area contributed by atoms with E-state index in [1.54, 1.807) is 0 Å². The Balaban J connectivity index is 1.78. The van der Waals surface area contributed by atoms with Crippen LogP contribution in [0.1, 0.15) is 60.6 Å².